The third-order valence-electron chi connectivity index (χ3n) is 5.01. The van der Waals surface area contributed by atoms with Crippen LogP contribution in [-0.4, -0.2) is 9.85 Å². The van der Waals surface area contributed by atoms with Crippen molar-refractivity contribution in [2.75, 3.05) is 0 Å². The summed E-state index contributed by atoms with van der Waals surface area (Å²) >= 11 is 24.8. The summed E-state index contributed by atoms with van der Waals surface area (Å²) < 4.78 is 6.16. The Kier molecular flexibility index (Phi) is 7.14. The molecule has 0 heterocycles. The van der Waals surface area contributed by atoms with Gasteiger partial charge in [-0.1, -0.05) is 58.5 Å². The summed E-state index contributed by atoms with van der Waals surface area (Å²) in [5.41, 5.74) is 1.19. The summed E-state index contributed by atoms with van der Waals surface area (Å²) in [6, 6.07) is 17.5. The molecule has 0 fully saturated rings. The predicted molar refractivity (Wildman–Crippen MR) is 137 cm³/mol. The van der Waals surface area contributed by atoms with Gasteiger partial charge in [0.1, 0.15) is 11.5 Å². The molecule has 0 saturated heterocycles. The number of halogens is 4. The van der Waals surface area contributed by atoms with Crippen LogP contribution in [0.2, 0.25) is 20.1 Å². The lowest BCUT2D eigenvalue weighted by molar-refractivity contribution is -0.385. The zero-order valence-electron chi connectivity index (χ0n) is 17.4. The van der Waals surface area contributed by atoms with Crippen molar-refractivity contribution < 1.29 is 14.6 Å². The van der Waals surface area contributed by atoms with Gasteiger partial charge in [-0.15, -0.1) is 0 Å². The number of ether oxygens (including phenoxy) is 1. The number of benzene rings is 4. The summed E-state index contributed by atoms with van der Waals surface area (Å²) in [5.74, 6) is 0.444. The van der Waals surface area contributed by atoms with E-state index in [2.05, 4.69) is 0 Å². The van der Waals surface area contributed by atoms with E-state index < -0.39 is 9.85 Å². The molecule has 0 bridgehead atoms. The van der Waals surface area contributed by atoms with E-state index >= 15 is 0 Å². The van der Waals surface area contributed by atoms with E-state index in [1.54, 1.807) is 24.3 Å². The molecule has 4 aromatic rings. The van der Waals surface area contributed by atoms with Crippen molar-refractivity contribution in [3.63, 3.8) is 0 Å². The van der Waals surface area contributed by atoms with Crippen LogP contribution in [0.3, 0.4) is 0 Å². The number of non-ortho nitro benzene ring substituents is 2. The molecule has 0 aromatic heterocycles. The highest BCUT2D eigenvalue weighted by Crippen LogP contribution is 2.44. The average Bonchev–Trinajstić information content (AvgIpc) is 2.80. The normalized spacial score (nSPS) is 10.7. The number of nitrogens with zero attached hydrogens (tertiary/aromatic N) is 2. The van der Waals surface area contributed by atoms with Crippen LogP contribution in [0.1, 0.15) is 0 Å². The second-order valence-electron chi connectivity index (χ2n) is 7.23. The van der Waals surface area contributed by atoms with Gasteiger partial charge in [-0.2, -0.15) is 0 Å². The standard InChI is InChI=1S/C24H12Cl4N2O5/c25-13-1-5-17(21(27)9-13)19-11-15(29(31)32)3-7-23(19)35-24-8-4-16(30(33)34)12-20(24)18-6-2-14(26)10-22(18)28/h1-12H. The second-order valence-corrected chi connectivity index (χ2v) is 8.91. The smallest absolute Gasteiger partial charge is 0.270 e. The van der Waals surface area contributed by atoms with Gasteiger partial charge >= 0.3 is 0 Å². The van der Waals surface area contributed by atoms with Gasteiger partial charge in [0.2, 0.25) is 0 Å². The molecule has 176 valence electrons. The van der Waals surface area contributed by atoms with Crippen LogP contribution in [0.4, 0.5) is 11.4 Å². The number of nitro groups is 2. The van der Waals surface area contributed by atoms with Crippen LogP contribution in [0, 0.1) is 20.2 Å². The van der Waals surface area contributed by atoms with E-state index in [-0.39, 0.29) is 32.9 Å². The van der Waals surface area contributed by atoms with Crippen LogP contribution in [0.5, 0.6) is 11.5 Å². The average molecular weight is 550 g/mol. The first kappa shape index (κ1) is 24.8. The molecule has 11 heteroatoms. The molecule has 0 N–H and O–H groups in total. The third kappa shape index (κ3) is 5.33. The summed E-state index contributed by atoms with van der Waals surface area (Å²) in [7, 11) is 0. The quantitative estimate of drug-likeness (QED) is 0.176. The van der Waals surface area contributed by atoms with Crippen molar-refractivity contribution in [1.82, 2.24) is 0 Å². The summed E-state index contributed by atoms with van der Waals surface area (Å²) in [6.45, 7) is 0. The maximum absolute atomic E-state index is 11.4. The lowest BCUT2D eigenvalue weighted by Gasteiger charge is -2.16. The minimum atomic E-state index is -0.540. The van der Waals surface area contributed by atoms with E-state index in [0.717, 1.165) is 0 Å². The Morgan fingerprint density at radius 2 is 0.943 bits per heavy atom. The van der Waals surface area contributed by atoms with Crippen LogP contribution in [0.25, 0.3) is 22.3 Å². The molecule has 0 aliphatic carbocycles. The molecule has 0 atom stereocenters. The van der Waals surface area contributed by atoms with E-state index in [0.29, 0.717) is 32.3 Å². The van der Waals surface area contributed by atoms with Crippen molar-refractivity contribution in [3.05, 3.63) is 113 Å². The molecular formula is C24H12Cl4N2O5. The molecule has 0 aliphatic rings. The molecule has 4 rings (SSSR count). The zero-order chi connectivity index (χ0) is 25.3. The minimum absolute atomic E-state index is 0.178. The van der Waals surface area contributed by atoms with Crippen molar-refractivity contribution in [1.29, 1.82) is 0 Å². The Hall–Kier alpha value is -3.36. The number of hydrogen-bond donors (Lipinski definition) is 0. The summed E-state index contributed by atoms with van der Waals surface area (Å²) in [5, 5.41) is 24.1. The van der Waals surface area contributed by atoms with Gasteiger partial charge in [-0.3, -0.25) is 20.2 Å². The van der Waals surface area contributed by atoms with Crippen molar-refractivity contribution in [3.8, 4) is 33.8 Å². The first-order valence-electron chi connectivity index (χ1n) is 9.79. The molecular weight excluding hydrogens is 538 g/mol. The predicted octanol–water partition coefficient (Wildman–Crippen LogP) is 9.24. The first-order valence-corrected chi connectivity index (χ1v) is 11.3. The molecule has 0 amide bonds. The van der Waals surface area contributed by atoms with Crippen molar-refractivity contribution >= 4 is 57.8 Å². The fourth-order valence-electron chi connectivity index (χ4n) is 3.40. The molecule has 4 aromatic carbocycles. The van der Waals surface area contributed by atoms with Gasteiger partial charge in [-0.25, -0.2) is 0 Å². The van der Waals surface area contributed by atoms with Crippen LogP contribution in [0.15, 0.2) is 72.8 Å². The number of rotatable bonds is 6. The number of hydrogen-bond acceptors (Lipinski definition) is 5. The molecule has 0 radical (unpaired) electrons. The lowest BCUT2D eigenvalue weighted by atomic mass is 10.0. The van der Waals surface area contributed by atoms with Crippen molar-refractivity contribution in [2.24, 2.45) is 0 Å². The van der Waals surface area contributed by atoms with E-state index in [4.69, 9.17) is 51.1 Å². The maximum Gasteiger partial charge on any atom is 0.270 e. The van der Waals surface area contributed by atoms with E-state index in [9.17, 15) is 20.2 Å². The van der Waals surface area contributed by atoms with Gasteiger partial charge in [0.15, 0.2) is 0 Å². The van der Waals surface area contributed by atoms with Gasteiger partial charge in [0.05, 0.1) is 19.9 Å². The van der Waals surface area contributed by atoms with E-state index in [1.165, 1.54) is 48.5 Å². The first-order chi connectivity index (χ1) is 16.6. The highest BCUT2D eigenvalue weighted by molar-refractivity contribution is 6.37. The Morgan fingerprint density at radius 3 is 1.29 bits per heavy atom. The fourth-order valence-corrected chi connectivity index (χ4v) is 4.42. The Bertz CT molecular complexity index is 1380. The Balaban J connectivity index is 1.90. The van der Waals surface area contributed by atoms with Crippen LogP contribution in [-0.2, 0) is 0 Å². The highest BCUT2D eigenvalue weighted by Gasteiger charge is 2.20. The molecule has 0 saturated carbocycles. The fraction of sp³-hybridized carbons (Fsp3) is 0. The SMILES string of the molecule is O=[N+]([O-])c1ccc(Oc2ccc([N+](=O)[O-])cc2-c2ccc(Cl)cc2Cl)c(-c2ccc(Cl)cc2Cl)c1. The molecule has 0 aliphatic heterocycles. The van der Waals surface area contributed by atoms with Gasteiger partial charge in [-0.05, 0) is 36.4 Å². The maximum atomic E-state index is 11.4. The van der Waals surface area contributed by atoms with Crippen molar-refractivity contribution in [2.45, 2.75) is 0 Å². The monoisotopic (exact) mass is 548 g/mol. The lowest BCUT2D eigenvalue weighted by Crippen LogP contribution is -1.96. The number of nitro benzene ring substituents is 2. The highest BCUT2D eigenvalue weighted by atomic mass is 35.5. The third-order valence-corrected chi connectivity index (χ3v) is 6.11. The van der Waals surface area contributed by atoms with Gasteiger partial charge < -0.3 is 4.74 Å². The Morgan fingerprint density at radius 1 is 0.543 bits per heavy atom. The van der Waals surface area contributed by atoms with Crippen LogP contribution >= 0.6 is 46.4 Å². The van der Waals surface area contributed by atoms with Gasteiger partial charge in [0, 0.05) is 56.6 Å². The summed E-state index contributed by atoms with van der Waals surface area (Å²) in [6.07, 6.45) is 0. The molecule has 7 nitrogen and oxygen atoms in total. The largest absolute Gasteiger partial charge is 0.456 e. The second kappa shape index (κ2) is 10.1. The zero-order valence-corrected chi connectivity index (χ0v) is 20.4. The van der Waals surface area contributed by atoms with E-state index in [1.807, 2.05) is 0 Å². The summed E-state index contributed by atoms with van der Waals surface area (Å²) in [4.78, 5) is 21.8. The molecule has 0 spiro atoms. The molecule has 0 unspecified atom stereocenters. The van der Waals surface area contributed by atoms with Crippen LogP contribution < -0.4 is 4.74 Å². The minimum Gasteiger partial charge on any atom is -0.456 e. The topological polar surface area (TPSA) is 95.5 Å². The van der Waals surface area contributed by atoms with Gasteiger partial charge in [0.25, 0.3) is 11.4 Å². The Labute approximate surface area is 218 Å². The molecule has 35 heavy (non-hydrogen) atoms.